The normalized spacial score (nSPS) is 12.7. The molecule has 0 saturated carbocycles. The molecule has 122 valence electrons. The van der Waals surface area contributed by atoms with E-state index in [1.807, 2.05) is 18.9 Å². The zero-order valence-electron chi connectivity index (χ0n) is 14.2. The summed E-state index contributed by atoms with van der Waals surface area (Å²) < 4.78 is 4.72. The van der Waals surface area contributed by atoms with Crippen LogP contribution in [0.5, 0.6) is 0 Å². The van der Waals surface area contributed by atoms with E-state index >= 15 is 0 Å². The van der Waals surface area contributed by atoms with Crippen molar-refractivity contribution >= 4 is 11.9 Å². The lowest BCUT2D eigenvalue weighted by Gasteiger charge is -2.23. The van der Waals surface area contributed by atoms with Crippen molar-refractivity contribution in [2.24, 2.45) is 10.9 Å². The van der Waals surface area contributed by atoms with Gasteiger partial charge in [-0.3, -0.25) is 9.79 Å². The Morgan fingerprint density at radius 3 is 2.41 bits per heavy atom. The highest BCUT2D eigenvalue weighted by atomic mass is 16.5. The SMILES string of the molecule is CCc1ccc(CN(C)C(=NC)NCC(C)C(=O)OC)cc1. The summed E-state index contributed by atoms with van der Waals surface area (Å²) >= 11 is 0. The molecule has 0 bridgehead atoms. The number of nitrogens with one attached hydrogen (secondary N) is 1. The molecular weight excluding hydrogens is 278 g/mol. The third-order valence-electron chi connectivity index (χ3n) is 3.59. The molecule has 1 aromatic rings. The summed E-state index contributed by atoms with van der Waals surface area (Å²) in [5, 5.41) is 3.20. The van der Waals surface area contributed by atoms with Crippen molar-refractivity contribution in [1.29, 1.82) is 0 Å². The van der Waals surface area contributed by atoms with Crippen molar-refractivity contribution in [1.82, 2.24) is 10.2 Å². The quantitative estimate of drug-likeness (QED) is 0.496. The molecule has 1 unspecified atom stereocenters. The van der Waals surface area contributed by atoms with E-state index in [9.17, 15) is 4.79 Å². The number of carbonyl (C=O) groups excluding carboxylic acids is 1. The van der Waals surface area contributed by atoms with Crippen LogP contribution in [0.1, 0.15) is 25.0 Å². The molecule has 0 spiro atoms. The van der Waals surface area contributed by atoms with Crippen LogP contribution in [0.2, 0.25) is 0 Å². The Morgan fingerprint density at radius 2 is 1.91 bits per heavy atom. The largest absolute Gasteiger partial charge is 0.469 e. The monoisotopic (exact) mass is 305 g/mol. The summed E-state index contributed by atoms with van der Waals surface area (Å²) in [6.45, 7) is 5.24. The standard InChI is InChI=1S/C17H27N3O2/c1-6-14-7-9-15(10-8-14)12-20(4)17(18-3)19-11-13(2)16(21)22-5/h7-10,13H,6,11-12H2,1-5H3,(H,18,19). The van der Waals surface area contributed by atoms with Crippen molar-refractivity contribution in [2.45, 2.75) is 26.8 Å². The maximum atomic E-state index is 11.4. The zero-order chi connectivity index (χ0) is 16.5. The minimum absolute atomic E-state index is 0.209. The minimum atomic E-state index is -0.222. The summed E-state index contributed by atoms with van der Waals surface area (Å²) in [4.78, 5) is 17.7. The molecule has 1 atom stereocenters. The van der Waals surface area contributed by atoms with Crippen LogP contribution in [0.25, 0.3) is 0 Å². The highest BCUT2D eigenvalue weighted by molar-refractivity contribution is 5.80. The van der Waals surface area contributed by atoms with E-state index in [-0.39, 0.29) is 11.9 Å². The zero-order valence-corrected chi connectivity index (χ0v) is 14.2. The number of hydrogen-bond acceptors (Lipinski definition) is 3. The van der Waals surface area contributed by atoms with E-state index in [0.717, 1.165) is 18.9 Å². The molecule has 1 rings (SSSR count). The molecule has 22 heavy (non-hydrogen) atoms. The number of ether oxygens (including phenoxy) is 1. The maximum absolute atomic E-state index is 11.4. The summed E-state index contributed by atoms with van der Waals surface area (Å²) in [6, 6.07) is 8.58. The Balaban J connectivity index is 2.57. The molecule has 1 N–H and O–H groups in total. The van der Waals surface area contributed by atoms with Gasteiger partial charge < -0.3 is 15.0 Å². The number of aryl methyl sites for hydroxylation is 1. The van der Waals surface area contributed by atoms with Crippen molar-refractivity contribution in [2.75, 3.05) is 27.7 Å². The Morgan fingerprint density at radius 1 is 1.32 bits per heavy atom. The number of nitrogens with zero attached hydrogens (tertiary/aromatic N) is 2. The Kier molecular flexibility index (Phi) is 7.43. The average molecular weight is 305 g/mol. The fourth-order valence-electron chi connectivity index (χ4n) is 2.14. The van der Waals surface area contributed by atoms with Gasteiger partial charge in [-0.15, -0.1) is 0 Å². The molecule has 0 amide bonds. The third-order valence-corrected chi connectivity index (χ3v) is 3.59. The lowest BCUT2D eigenvalue weighted by atomic mass is 10.1. The fourth-order valence-corrected chi connectivity index (χ4v) is 2.14. The Labute approximate surface area is 133 Å². The van der Waals surface area contributed by atoms with E-state index in [1.165, 1.54) is 18.2 Å². The molecule has 5 nitrogen and oxygen atoms in total. The van der Waals surface area contributed by atoms with E-state index in [0.29, 0.717) is 6.54 Å². The molecule has 1 aromatic carbocycles. The van der Waals surface area contributed by atoms with Crippen molar-refractivity contribution < 1.29 is 9.53 Å². The highest BCUT2D eigenvalue weighted by Gasteiger charge is 2.14. The third kappa shape index (κ3) is 5.39. The van der Waals surface area contributed by atoms with E-state index in [2.05, 4.69) is 41.5 Å². The van der Waals surface area contributed by atoms with Gasteiger partial charge >= 0.3 is 5.97 Å². The second-order valence-corrected chi connectivity index (χ2v) is 5.38. The van der Waals surface area contributed by atoms with Gasteiger partial charge in [0, 0.05) is 27.2 Å². The molecule has 0 aliphatic carbocycles. The van der Waals surface area contributed by atoms with Crippen LogP contribution in [-0.4, -0.2) is 44.6 Å². The minimum Gasteiger partial charge on any atom is -0.469 e. The van der Waals surface area contributed by atoms with Crippen LogP contribution in [0.3, 0.4) is 0 Å². The Bertz CT molecular complexity index is 497. The van der Waals surface area contributed by atoms with Gasteiger partial charge in [-0.05, 0) is 17.5 Å². The van der Waals surface area contributed by atoms with Gasteiger partial charge in [0.1, 0.15) is 0 Å². The topological polar surface area (TPSA) is 53.9 Å². The number of rotatable bonds is 6. The smallest absolute Gasteiger partial charge is 0.310 e. The second kappa shape index (κ2) is 9.07. The first-order valence-electron chi connectivity index (χ1n) is 7.59. The van der Waals surface area contributed by atoms with E-state index in [4.69, 9.17) is 4.74 Å². The highest BCUT2D eigenvalue weighted by Crippen LogP contribution is 2.07. The Hall–Kier alpha value is -2.04. The fraction of sp³-hybridized carbons (Fsp3) is 0.529. The molecule has 0 aliphatic heterocycles. The lowest BCUT2D eigenvalue weighted by Crippen LogP contribution is -2.41. The predicted molar refractivity (Wildman–Crippen MR) is 89.8 cm³/mol. The van der Waals surface area contributed by atoms with E-state index in [1.54, 1.807) is 7.05 Å². The molecular formula is C17H27N3O2. The number of carbonyl (C=O) groups is 1. The molecule has 0 fully saturated rings. The van der Waals surface area contributed by atoms with Gasteiger partial charge in [-0.2, -0.15) is 0 Å². The van der Waals surface area contributed by atoms with Gasteiger partial charge in [-0.1, -0.05) is 38.1 Å². The number of benzene rings is 1. The van der Waals surface area contributed by atoms with E-state index < -0.39 is 0 Å². The summed E-state index contributed by atoms with van der Waals surface area (Å²) in [5.74, 6) is 0.329. The second-order valence-electron chi connectivity index (χ2n) is 5.38. The number of methoxy groups -OCH3 is 1. The van der Waals surface area contributed by atoms with Gasteiger partial charge in [0.05, 0.1) is 13.0 Å². The molecule has 5 heteroatoms. The van der Waals surface area contributed by atoms with Crippen molar-refractivity contribution in [3.8, 4) is 0 Å². The molecule has 0 heterocycles. The van der Waals surface area contributed by atoms with Crippen LogP contribution in [0.4, 0.5) is 0 Å². The summed E-state index contributed by atoms with van der Waals surface area (Å²) in [7, 11) is 5.12. The maximum Gasteiger partial charge on any atom is 0.310 e. The first kappa shape index (κ1) is 18.0. The van der Waals surface area contributed by atoms with Crippen LogP contribution in [0, 0.1) is 5.92 Å². The number of guanidine groups is 1. The van der Waals surface area contributed by atoms with Gasteiger partial charge in [0.25, 0.3) is 0 Å². The van der Waals surface area contributed by atoms with Crippen molar-refractivity contribution in [3.05, 3.63) is 35.4 Å². The molecule has 0 aromatic heterocycles. The van der Waals surface area contributed by atoms with Crippen LogP contribution in [0.15, 0.2) is 29.3 Å². The van der Waals surface area contributed by atoms with Crippen LogP contribution < -0.4 is 5.32 Å². The molecule has 0 radical (unpaired) electrons. The lowest BCUT2D eigenvalue weighted by molar-refractivity contribution is -0.144. The number of aliphatic imine (C=N–C) groups is 1. The van der Waals surface area contributed by atoms with Crippen molar-refractivity contribution in [3.63, 3.8) is 0 Å². The van der Waals surface area contributed by atoms with Gasteiger partial charge in [0.2, 0.25) is 0 Å². The summed E-state index contributed by atoms with van der Waals surface area (Å²) in [5.41, 5.74) is 2.56. The van der Waals surface area contributed by atoms with Crippen LogP contribution in [-0.2, 0) is 22.5 Å². The number of esters is 1. The summed E-state index contributed by atoms with van der Waals surface area (Å²) in [6.07, 6.45) is 1.05. The average Bonchev–Trinajstić information content (AvgIpc) is 2.55. The first-order chi connectivity index (χ1) is 10.5. The number of hydrogen-bond donors (Lipinski definition) is 1. The van der Waals surface area contributed by atoms with Crippen LogP contribution >= 0.6 is 0 Å². The first-order valence-corrected chi connectivity index (χ1v) is 7.59. The van der Waals surface area contributed by atoms with Gasteiger partial charge in [-0.25, -0.2) is 0 Å². The molecule has 0 aliphatic rings. The van der Waals surface area contributed by atoms with Gasteiger partial charge in [0.15, 0.2) is 5.96 Å². The predicted octanol–water partition coefficient (Wildman–Crippen LogP) is 2.07. The molecule has 0 saturated heterocycles.